The van der Waals surface area contributed by atoms with E-state index in [1.54, 1.807) is 11.3 Å². The Morgan fingerprint density at radius 2 is 1.60 bits per heavy atom. The fraction of sp³-hybridized carbons (Fsp3) is 0.700. The molecule has 1 aliphatic carbocycles. The molecule has 0 bridgehead atoms. The predicted molar refractivity (Wildman–Crippen MR) is 102 cm³/mol. The second-order valence-electron chi connectivity index (χ2n) is 7.44. The number of carbonyl (C=O) groups is 2. The van der Waals surface area contributed by atoms with E-state index in [1.807, 2.05) is 9.80 Å². The molecule has 25 heavy (non-hydrogen) atoms. The first kappa shape index (κ1) is 18.4. The highest BCUT2D eigenvalue weighted by Crippen LogP contribution is 2.27. The van der Waals surface area contributed by atoms with Crippen LogP contribution < -0.4 is 0 Å². The molecule has 2 heterocycles. The molecular formula is C20H30N2O2S. The van der Waals surface area contributed by atoms with Crippen molar-refractivity contribution in [1.29, 1.82) is 0 Å². The average Bonchev–Trinajstić information content (AvgIpc) is 3.19. The minimum atomic E-state index is 0.223. The van der Waals surface area contributed by atoms with Crippen LogP contribution in [0.3, 0.4) is 0 Å². The van der Waals surface area contributed by atoms with Gasteiger partial charge in [-0.15, -0.1) is 0 Å². The molecule has 0 aromatic carbocycles. The van der Waals surface area contributed by atoms with Gasteiger partial charge in [0, 0.05) is 39.0 Å². The fourth-order valence-electron chi connectivity index (χ4n) is 4.01. The monoisotopic (exact) mass is 362 g/mol. The van der Waals surface area contributed by atoms with E-state index in [-0.39, 0.29) is 11.8 Å². The first-order valence-electron chi connectivity index (χ1n) is 9.79. The van der Waals surface area contributed by atoms with Crippen LogP contribution in [-0.2, 0) is 16.0 Å². The van der Waals surface area contributed by atoms with Crippen molar-refractivity contribution in [2.24, 2.45) is 5.92 Å². The van der Waals surface area contributed by atoms with Gasteiger partial charge in [0.25, 0.3) is 0 Å². The van der Waals surface area contributed by atoms with E-state index >= 15 is 0 Å². The molecule has 1 saturated heterocycles. The number of hydrogen-bond acceptors (Lipinski definition) is 3. The Morgan fingerprint density at radius 3 is 2.20 bits per heavy atom. The van der Waals surface area contributed by atoms with E-state index < -0.39 is 0 Å². The van der Waals surface area contributed by atoms with Gasteiger partial charge in [-0.1, -0.05) is 32.1 Å². The zero-order chi connectivity index (χ0) is 17.5. The Balaban J connectivity index is 1.34. The summed E-state index contributed by atoms with van der Waals surface area (Å²) < 4.78 is 0. The van der Waals surface area contributed by atoms with Crippen molar-refractivity contribution >= 4 is 23.2 Å². The quantitative estimate of drug-likeness (QED) is 0.774. The first-order chi connectivity index (χ1) is 12.2. The molecule has 1 saturated carbocycles. The van der Waals surface area contributed by atoms with Crippen LogP contribution in [0.5, 0.6) is 0 Å². The highest BCUT2D eigenvalue weighted by molar-refractivity contribution is 7.07. The maximum atomic E-state index is 12.4. The smallest absolute Gasteiger partial charge is 0.223 e. The third kappa shape index (κ3) is 5.56. The van der Waals surface area contributed by atoms with Crippen molar-refractivity contribution < 1.29 is 9.59 Å². The molecule has 0 unspecified atom stereocenters. The van der Waals surface area contributed by atoms with Crippen molar-refractivity contribution in [2.45, 2.75) is 57.8 Å². The lowest BCUT2D eigenvalue weighted by Gasteiger charge is -2.35. The van der Waals surface area contributed by atoms with Gasteiger partial charge in [0.05, 0.1) is 0 Å². The molecule has 0 radical (unpaired) electrons. The summed E-state index contributed by atoms with van der Waals surface area (Å²) in [7, 11) is 0. The van der Waals surface area contributed by atoms with Crippen molar-refractivity contribution in [1.82, 2.24) is 9.80 Å². The van der Waals surface area contributed by atoms with E-state index in [0.29, 0.717) is 39.0 Å². The van der Waals surface area contributed by atoms with Gasteiger partial charge in [-0.25, -0.2) is 0 Å². The van der Waals surface area contributed by atoms with Gasteiger partial charge in [-0.2, -0.15) is 11.3 Å². The van der Waals surface area contributed by atoms with Crippen LogP contribution in [0.1, 0.15) is 56.9 Å². The van der Waals surface area contributed by atoms with Crippen LogP contribution in [0, 0.1) is 5.92 Å². The van der Waals surface area contributed by atoms with Crippen molar-refractivity contribution in [3.8, 4) is 0 Å². The number of carbonyl (C=O) groups excluding carboxylic acids is 2. The van der Waals surface area contributed by atoms with E-state index in [9.17, 15) is 9.59 Å². The summed E-state index contributed by atoms with van der Waals surface area (Å²) in [5.74, 6) is 1.27. The summed E-state index contributed by atoms with van der Waals surface area (Å²) in [4.78, 5) is 28.6. The molecule has 3 rings (SSSR count). The highest BCUT2D eigenvalue weighted by atomic mass is 32.1. The van der Waals surface area contributed by atoms with Crippen molar-refractivity contribution in [2.75, 3.05) is 26.2 Å². The summed E-state index contributed by atoms with van der Waals surface area (Å²) >= 11 is 1.68. The van der Waals surface area contributed by atoms with Crippen molar-refractivity contribution in [3.05, 3.63) is 22.4 Å². The summed E-state index contributed by atoms with van der Waals surface area (Å²) in [6.45, 7) is 2.79. The van der Waals surface area contributed by atoms with E-state index in [4.69, 9.17) is 0 Å². The molecule has 0 spiro atoms. The van der Waals surface area contributed by atoms with Gasteiger partial charge in [0.2, 0.25) is 11.8 Å². The summed E-state index contributed by atoms with van der Waals surface area (Å²) in [6, 6.07) is 2.08. The second-order valence-corrected chi connectivity index (χ2v) is 8.22. The Kier molecular flexibility index (Phi) is 6.91. The molecule has 1 aromatic rings. The van der Waals surface area contributed by atoms with Crippen LogP contribution in [0.15, 0.2) is 16.8 Å². The molecule has 2 aliphatic rings. The maximum absolute atomic E-state index is 12.4. The zero-order valence-corrected chi connectivity index (χ0v) is 15.9. The SMILES string of the molecule is O=C(CCc1ccsc1)N1CCN(C(=O)CCC2CCCCC2)CC1. The number of aryl methyl sites for hydroxylation is 1. The Bertz CT molecular complexity index is 544. The highest BCUT2D eigenvalue weighted by Gasteiger charge is 2.24. The number of thiophene rings is 1. The second kappa shape index (κ2) is 9.37. The number of piperazine rings is 1. The third-order valence-corrected chi connectivity index (χ3v) is 6.42. The molecule has 4 nitrogen and oxygen atoms in total. The van der Waals surface area contributed by atoms with E-state index in [2.05, 4.69) is 16.8 Å². The van der Waals surface area contributed by atoms with Crippen LogP contribution in [-0.4, -0.2) is 47.8 Å². The molecule has 0 N–H and O–H groups in total. The number of rotatable bonds is 6. The first-order valence-corrected chi connectivity index (χ1v) is 10.7. The van der Waals surface area contributed by atoms with Crippen molar-refractivity contribution in [3.63, 3.8) is 0 Å². The van der Waals surface area contributed by atoms with Gasteiger partial charge in [0.1, 0.15) is 0 Å². The molecule has 138 valence electrons. The molecule has 1 aliphatic heterocycles. The van der Waals surface area contributed by atoms with Crippen LogP contribution in [0.4, 0.5) is 0 Å². The van der Waals surface area contributed by atoms with Gasteiger partial charge < -0.3 is 9.80 Å². The standard InChI is InChI=1S/C20H30N2O2S/c23-19(8-6-17-4-2-1-3-5-17)21-11-13-22(14-12-21)20(24)9-7-18-10-15-25-16-18/h10,15-17H,1-9,11-14H2. The van der Waals surface area contributed by atoms with Gasteiger partial charge in [-0.3, -0.25) is 9.59 Å². The molecule has 1 aromatic heterocycles. The summed E-state index contributed by atoms with van der Waals surface area (Å²) in [6.07, 6.45) is 9.80. The minimum Gasteiger partial charge on any atom is -0.339 e. The molecule has 2 amide bonds. The van der Waals surface area contributed by atoms with E-state index in [1.165, 1.54) is 37.7 Å². The third-order valence-electron chi connectivity index (χ3n) is 5.68. The topological polar surface area (TPSA) is 40.6 Å². The normalized spacial score (nSPS) is 19.2. The fourth-order valence-corrected chi connectivity index (χ4v) is 4.71. The zero-order valence-electron chi connectivity index (χ0n) is 15.1. The van der Waals surface area contributed by atoms with Gasteiger partial charge >= 0.3 is 0 Å². The number of amides is 2. The lowest BCUT2D eigenvalue weighted by molar-refractivity contribution is -0.139. The Morgan fingerprint density at radius 1 is 0.960 bits per heavy atom. The molecular weight excluding hydrogens is 332 g/mol. The largest absolute Gasteiger partial charge is 0.339 e. The maximum Gasteiger partial charge on any atom is 0.223 e. The lowest BCUT2D eigenvalue weighted by atomic mass is 9.86. The number of nitrogens with zero attached hydrogens (tertiary/aromatic N) is 2. The van der Waals surface area contributed by atoms with Crippen LogP contribution in [0.2, 0.25) is 0 Å². The summed E-state index contributed by atoms with van der Waals surface area (Å²) in [5.41, 5.74) is 1.25. The minimum absolute atomic E-state index is 0.223. The van der Waals surface area contributed by atoms with E-state index in [0.717, 1.165) is 18.8 Å². The molecule has 5 heteroatoms. The molecule has 2 fully saturated rings. The van der Waals surface area contributed by atoms with Gasteiger partial charge in [0.15, 0.2) is 0 Å². The Labute approximate surface area is 155 Å². The average molecular weight is 363 g/mol. The lowest BCUT2D eigenvalue weighted by Crippen LogP contribution is -2.50. The van der Waals surface area contributed by atoms with Gasteiger partial charge in [-0.05, 0) is 41.1 Å². The van der Waals surface area contributed by atoms with Crippen LogP contribution >= 0.6 is 11.3 Å². The number of hydrogen-bond donors (Lipinski definition) is 0. The van der Waals surface area contributed by atoms with Crippen LogP contribution in [0.25, 0.3) is 0 Å². The Hall–Kier alpha value is -1.36. The summed E-state index contributed by atoms with van der Waals surface area (Å²) in [5, 5.41) is 4.16. The molecule has 0 atom stereocenters. The predicted octanol–water partition coefficient (Wildman–Crippen LogP) is 3.71.